The van der Waals surface area contributed by atoms with Gasteiger partial charge in [0.15, 0.2) is 5.82 Å². The molecular formula is C26H23N5O3. The lowest BCUT2D eigenvalue weighted by Crippen LogP contribution is -2.31. The van der Waals surface area contributed by atoms with E-state index in [1.165, 1.54) is 0 Å². The molecule has 0 bridgehead atoms. The number of amides is 1. The van der Waals surface area contributed by atoms with Crippen LogP contribution in [0.2, 0.25) is 0 Å². The molecule has 2 heterocycles. The number of phenolic OH excluding ortho intramolecular Hbond substituents is 1. The van der Waals surface area contributed by atoms with E-state index in [0.717, 1.165) is 11.3 Å². The summed E-state index contributed by atoms with van der Waals surface area (Å²) in [5.74, 6) is 1.59. The molecule has 1 aromatic heterocycles. The number of phenols is 1. The van der Waals surface area contributed by atoms with Gasteiger partial charge in [-0.1, -0.05) is 30.3 Å². The first-order valence-corrected chi connectivity index (χ1v) is 10.8. The third kappa shape index (κ3) is 3.97. The predicted octanol–water partition coefficient (Wildman–Crippen LogP) is 4.59. The Morgan fingerprint density at radius 1 is 1.06 bits per heavy atom. The number of ether oxygens (including phenoxy) is 1. The van der Waals surface area contributed by atoms with E-state index in [0.29, 0.717) is 34.3 Å². The number of anilines is 2. The van der Waals surface area contributed by atoms with Gasteiger partial charge in [-0.05, 0) is 61.0 Å². The summed E-state index contributed by atoms with van der Waals surface area (Å²) in [5, 5.41) is 21.1. The van der Waals surface area contributed by atoms with Crippen LogP contribution in [0, 0.1) is 0 Å². The van der Waals surface area contributed by atoms with Crippen molar-refractivity contribution < 1.29 is 14.6 Å². The second-order valence-corrected chi connectivity index (χ2v) is 7.91. The van der Waals surface area contributed by atoms with E-state index in [1.54, 1.807) is 30.0 Å². The van der Waals surface area contributed by atoms with Crippen molar-refractivity contribution in [2.24, 2.45) is 0 Å². The van der Waals surface area contributed by atoms with Crippen LogP contribution < -0.4 is 15.4 Å². The van der Waals surface area contributed by atoms with E-state index < -0.39 is 6.04 Å². The standard InChI is InChI=1S/C26H23N5O3/c1-16-22(25(33)28-19-8-4-3-5-9-19)23(18-7-6-10-20(32)15-18)31-26(27-16)29-24(30-31)17-11-13-21(34-2)14-12-17/h3-15,23,32H,1-2H3,(H,28,33)(H,27,29,30). The fraction of sp³-hybridized carbons (Fsp3) is 0.115. The molecule has 5 rings (SSSR count). The Morgan fingerprint density at radius 3 is 2.53 bits per heavy atom. The molecule has 1 amide bonds. The second-order valence-electron chi connectivity index (χ2n) is 7.91. The summed E-state index contributed by atoms with van der Waals surface area (Å²) in [6.45, 7) is 1.83. The lowest BCUT2D eigenvalue weighted by Gasteiger charge is -2.28. The molecule has 1 aliphatic rings. The lowest BCUT2D eigenvalue weighted by atomic mass is 9.95. The number of aromatic nitrogens is 3. The quantitative estimate of drug-likeness (QED) is 0.409. The van der Waals surface area contributed by atoms with E-state index in [2.05, 4.69) is 15.6 Å². The molecule has 0 saturated carbocycles. The third-order valence-corrected chi connectivity index (χ3v) is 5.66. The highest BCUT2D eigenvalue weighted by atomic mass is 16.5. The van der Waals surface area contributed by atoms with Gasteiger partial charge in [0.2, 0.25) is 5.95 Å². The van der Waals surface area contributed by atoms with Gasteiger partial charge in [-0.15, -0.1) is 5.10 Å². The maximum atomic E-state index is 13.5. The van der Waals surface area contributed by atoms with Crippen molar-refractivity contribution >= 4 is 17.5 Å². The number of hydrogen-bond donors (Lipinski definition) is 3. The van der Waals surface area contributed by atoms with Gasteiger partial charge < -0.3 is 20.5 Å². The zero-order chi connectivity index (χ0) is 23.7. The molecule has 34 heavy (non-hydrogen) atoms. The molecule has 170 valence electrons. The number of aromatic hydroxyl groups is 1. The van der Waals surface area contributed by atoms with Crippen LogP contribution in [0.1, 0.15) is 18.5 Å². The first kappa shape index (κ1) is 21.3. The number of benzene rings is 3. The molecule has 0 fully saturated rings. The molecule has 3 N–H and O–H groups in total. The number of fused-ring (bicyclic) bond motifs is 1. The normalized spacial score (nSPS) is 14.8. The molecule has 3 aromatic carbocycles. The van der Waals surface area contributed by atoms with E-state index in [4.69, 9.17) is 9.84 Å². The van der Waals surface area contributed by atoms with Crippen LogP contribution in [0.3, 0.4) is 0 Å². The molecule has 1 unspecified atom stereocenters. The summed E-state index contributed by atoms with van der Waals surface area (Å²) in [7, 11) is 1.61. The minimum atomic E-state index is -0.591. The third-order valence-electron chi connectivity index (χ3n) is 5.66. The Kier molecular flexibility index (Phi) is 5.47. The van der Waals surface area contributed by atoms with Crippen LogP contribution in [0.25, 0.3) is 11.4 Å². The Morgan fingerprint density at radius 2 is 1.82 bits per heavy atom. The van der Waals surface area contributed by atoms with Crippen LogP contribution in [0.4, 0.5) is 11.6 Å². The molecule has 0 aliphatic carbocycles. The molecule has 1 aliphatic heterocycles. The Bertz CT molecular complexity index is 1380. The van der Waals surface area contributed by atoms with Crippen molar-refractivity contribution in [3.63, 3.8) is 0 Å². The highest BCUT2D eigenvalue weighted by molar-refractivity contribution is 6.06. The van der Waals surface area contributed by atoms with Gasteiger partial charge >= 0.3 is 0 Å². The minimum Gasteiger partial charge on any atom is -0.508 e. The average Bonchev–Trinajstić information content (AvgIpc) is 3.27. The van der Waals surface area contributed by atoms with E-state index in [-0.39, 0.29) is 11.7 Å². The van der Waals surface area contributed by atoms with E-state index in [1.807, 2.05) is 67.6 Å². The topological polar surface area (TPSA) is 101 Å². The lowest BCUT2D eigenvalue weighted by molar-refractivity contribution is -0.113. The molecule has 4 aromatic rings. The van der Waals surface area contributed by atoms with Gasteiger partial charge in [0.05, 0.1) is 12.7 Å². The highest BCUT2D eigenvalue weighted by Gasteiger charge is 2.34. The number of nitrogens with one attached hydrogen (secondary N) is 2. The van der Waals surface area contributed by atoms with Crippen LogP contribution in [-0.2, 0) is 4.79 Å². The molecule has 8 nitrogen and oxygen atoms in total. The summed E-state index contributed by atoms with van der Waals surface area (Å²) < 4.78 is 6.92. The maximum Gasteiger partial charge on any atom is 0.255 e. The monoisotopic (exact) mass is 453 g/mol. The highest BCUT2D eigenvalue weighted by Crippen LogP contribution is 2.37. The fourth-order valence-corrected chi connectivity index (χ4v) is 4.03. The van der Waals surface area contributed by atoms with E-state index in [9.17, 15) is 9.90 Å². The molecule has 0 radical (unpaired) electrons. The van der Waals surface area contributed by atoms with Gasteiger partial charge in [0, 0.05) is 16.9 Å². The fourth-order valence-electron chi connectivity index (χ4n) is 4.03. The predicted molar refractivity (Wildman–Crippen MR) is 130 cm³/mol. The van der Waals surface area contributed by atoms with Crippen molar-refractivity contribution in [1.29, 1.82) is 0 Å². The number of para-hydroxylation sites is 1. The number of carbonyl (C=O) groups excluding carboxylic acids is 1. The Balaban J connectivity index is 1.59. The first-order chi connectivity index (χ1) is 16.5. The van der Waals surface area contributed by atoms with Crippen molar-refractivity contribution in [3.8, 4) is 22.9 Å². The SMILES string of the molecule is COc1ccc(-c2nc3n(n2)C(c2cccc(O)c2)C(C(=O)Nc2ccccc2)=C(C)N3)cc1. The number of hydrogen-bond acceptors (Lipinski definition) is 6. The van der Waals surface area contributed by atoms with Crippen LogP contribution >= 0.6 is 0 Å². The summed E-state index contributed by atoms with van der Waals surface area (Å²) in [4.78, 5) is 18.1. The van der Waals surface area contributed by atoms with E-state index >= 15 is 0 Å². The summed E-state index contributed by atoms with van der Waals surface area (Å²) in [6, 6.07) is 23.0. The second kappa shape index (κ2) is 8.74. The maximum absolute atomic E-state index is 13.5. The van der Waals surface area contributed by atoms with Crippen molar-refractivity contribution in [3.05, 3.63) is 95.7 Å². The average molecular weight is 454 g/mol. The van der Waals surface area contributed by atoms with Crippen molar-refractivity contribution in [2.45, 2.75) is 13.0 Å². The molecular weight excluding hydrogens is 430 g/mol. The Hall–Kier alpha value is -4.59. The first-order valence-electron chi connectivity index (χ1n) is 10.8. The number of rotatable bonds is 5. The molecule has 1 atom stereocenters. The van der Waals surface area contributed by atoms with Gasteiger partial charge in [-0.25, -0.2) is 4.68 Å². The minimum absolute atomic E-state index is 0.105. The van der Waals surface area contributed by atoms with Crippen LogP contribution in [0.5, 0.6) is 11.5 Å². The van der Waals surface area contributed by atoms with Crippen LogP contribution in [-0.4, -0.2) is 32.9 Å². The smallest absolute Gasteiger partial charge is 0.255 e. The number of allylic oxidation sites excluding steroid dienone is 1. The van der Waals surface area contributed by atoms with Gasteiger partial charge in [-0.2, -0.15) is 4.98 Å². The zero-order valence-corrected chi connectivity index (χ0v) is 18.7. The van der Waals surface area contributed by atoms with Gasteiger partial charge in [0.1, 0.15) is 17.5 Å². The Labute approximate surface area is 196 Å². The summed E-state index contributed by atoms with van der Waals surface area (Å²) >= 11 is 0. The van der Waals surface area contributed by atoms with Crippen molar-refractivity contribution in [1.82, 2.24) is 14.8 Å². The number of nitrogens with zero attached hydrogens (tertiary/aromatic N) is 3. The number of carbonyl (C=O) groups is 1. The van der Waals surface area contributed by atoms with Gasteiger partial charge in [0.25, 0.3) is 5.91 Å². The summed E-state index contributed by atoms with van der Waals surface area (Å²) in [6.07, 6.45) is 0. The molecule has 0 spiro atoms. The largest absolute Gasteiger partial charge is 0.508 e. The van der Waals surface area contributed by atoms with Crippen LogP contribution in [0.15, 0.2) is 90.1 Å². The van der Waals surface area contributed by atoms with Gasteiger partial charge in [-0.3, -0.25) is 4.79 Å². The summed E-state index contributed by atoms with van der Waals surface area (Å²) in [5.41, 5.74) is 3.35. The van der Waals surface area contributed by atoms with Crippen molar-refractivity contribution in [2.75, 3.05) is 17.7 Å². The molecule has 8 heteroatoms. The number of methoxy groups -OCH3 is 1. The zero-order valence-electron chi connectivity index (χ0n) is 18.7. The molecule has 0 saturated heterocycles.